The van der Waals surface area contributed by atoms with Gasteiger partial charge in [0.05, 0.1) is 7.11 Å². The Kier molecular flexibility index (Phi) is 6.76. The monoisotopic (exact) mass is 474 g/mol. The molecule has 0 unspecified atom stereocenters. The molecular weight excluding hydrogens is 448 g/mol. The molecule has 2 aromatic rings. The lowest BCUT2D eigenvalue weighted by Crippen LogP contribution is -2.44. The third kappa shape index (κ3) is 4.45. The van der Waals surface area contributed by atoms with E-state index < -0.39 is 24.3 Å². The summed E-state index contributed by atoms with van der Waals surface area (Å²) in [6, 6.07) is 8.19. The van der Waals surface area contributed by atoms with Crippen LogP contribution in [0.15, 0.2) is 30.3 Å². The van der Waals surface area contributed by atoms with Crippen molar-refractivity contribution in [3.63, 3.8) is 0 Å². The van der Waals surface area contributed by atoms with Gasteiger partial charge in [-0.1, -0.05) is 24.6 Å². The molecular formula is C24H26O10. The number of esters is 1. The zero-order chi connectivity index (χ0) is 24.5. The Labute approximate surface area is 195 Å². The van der Waals surface area contributed by atoms with Crippen LogP contribution in [-0.4, -0.2) is 58.8 Å². The molecule has 2 aliphatic carbocycles. The number of carbonyl (C=O) groups is 2. The Bertz CT molecular complexity index is 1090. The highest BCUT2D eigenvalue weighted by Crippen LogP contribution is 2.49. The van der Waals surface area contributed by atoms with Gasteiger partial charge in [0.15, 0.2) is 17.3 Å². The fraction of sp³-hybridized carbons (Fsp3) is 0.417. The molecule has 2 aromatic carbocycles. The molecule has 1 saturated carbocycles. The summed E-state index contributed by atoms with van der Waals surface area (Å²) in [4.78, 5) is 24.7. The zero-order valence-electron chi connectivity index (χ0n) is 18.5. The van der Waals surface area contributed by atoms with E-state index in [0.29, 0.717) is 42.4 Å². The highest BCUT2D eigenvalue weighted by molar-refractivity contribution is 6.02. The van der Waals surface area contributed by atoms with E-state index >= 15 is 0 Å². The number of aliphatic hydroxyl groups excluding tert-OH is 2. The molecule has 0 saturated heterocycles. The number of methoxy groups -OCH3 is 1. The van der Waals surface area contributed by atoms with Gasteiger partial charge in [-0.15, -0.1) is 0 Å². The van der Waals surface area contributed by atoms with Crippen LogP contribution in [0.25, 0.3) is 11.1 Å². The molecule has 4 rings (SSSR count). The molecule has 0 heterocycles. The first-order valence-electron chi connectivity index (χ1n) is 10.8. The van der Waals surface area contributed by atoms with Crippen LogP contribution < -0.4 is 14.2 Å². The van der Waals surface area contributed by atoms with Crippen molar-refractivity contribution in [2.24, 2.45) is 5.41 Å². The number of ketones is 1. The summed E-state index contributed by atoms with van der Waals surface area (Å²) in [6.07, 6.45) is 2.80. The predicted molar refractivity (Wildman–Crippen MR) is 116 cm³/mol. The van der Waals surface area contributed by atoms with Crippen molar-refractivity contribution in [1.29, 1.82) is 0 Å². The number of rotatable bonds is 9. The fourth-order valence-electron chi connectivity index (χ4n) is 4.50. The highest BCUT2D eigenvalue weighted by atomic mass is 16.8. The molecule has 0 amide bonds. The molecule has 0 radical (unpaired) electrons. The Morgan fingerprint density at radius 2 is 1.65 bits per heavy atom. The van der Waals surface area contributed by atoms with Gasteiger partial charge in [0.25, 0.3) is 0 Å². The number of hydrogen-bond donors (Lipinski definition) is 4. The molecule has 0 atom stereocenters. The highest BCUT2D eigenvalue weighted by Gasteiger charge is 2.46. The van der Waals surface area contributed by atoms with Crippen LogP contribution in [0.5, 0.6) is 17.2 Å². The third-order valence-electron chi connectivity index (χ3n) is 6.32. The number of carbonyl (C=O) groups excluding carboxylic acids is 2. The van der Waals surface area contributed by atoms with E-state index in [9.17, 15) is 30.0 Å². The Morgan fingerprint density at radius 1 is 0.941 bits per heavy atom. The minimum Gasteiger partial charge on any atom is -0.488 e. The van der Waals surface area contributed by atoms with Gasteiger partial charge < -0.3 is 39.4 Å². The number of fused-ring (bicyclic) bond motifs is 1. The van der Waals surface area contributed by atoms with Crippen LogP contribution in [0.2, 0.25) is 0 Å². The molecule has 182 valence electrons. The Morgan fingerprint density at radius 3 is 2.26 bits per heavy atom. The van der Waals surface area contributed by atoms with Gasteiger partial charge >= 0.3 is 18.9 Å². The standard InChI is InChI=1S/C24H26O10/c1-31-21(26)24(10-3-11-24)12-32-19-16(13-4-2-5-15-14(13)6-8-17(15)25)7-9-18(33-22(27)28)20(19)34-23(29)30/h2,4-5,7,9,22-23,27-30H,3,6,8,10-12H2,1H3. The normalized spacial score (nSPS) is 16.3. The second kappa shape index (κ2) is 9.59. The van der Waals surface area contributed by atoms with Gasteiger partial charge in [-0.3, -0.25) is 9.59 Å². The van der Waals surface area contributed by atoms with Crippen molar-refractivity contribution in [3.05, 3.63) is 41.5 Å². The van der Waals surface area contributed by atoms with Crippen LogP contribution in [0.4, 0.5) is 0 Å². The second-order valence-electron chi connectivity index (χ2n) is 8.33. The Hall–Kier alpha value is -3.18. The molecule has 2 aliphatic rings. The third-order valence-corrected chi connectivity index (χ3v) is 6.32. The van der Waals surface area contributed by atoms with Crippen molar-refractivity contribution >= 4 is 11.8 Å². The van der Waals surface area contributed by atoms with E-state index in [1.807, 2.05) is 0 Å². The molecule has 34 heavy (non-hydrogen) atoms. The van der Waals surface area contributed by atoms with Crippen LogP contribution >= 0.6 is 0 Å². The summed E-state index contributed by atoms with van der Waals surface area (Å²) in [6.45, 7) is -4.59. The lowest BCUT2D eigenvalue weighted by atomic mass is 9.69. The predicted octanol–water partition coefficient (Wildman–Crippen LogP) is 1.50. The summed E-state index contributed by atoms with van der Waals surface area (Å²) < 4.78 is 21.1. The SMILES string of the molecule is COC(=O)C1(COc2c(-c3cccc4c3CCC4=O)ccc(OC(O)O)c2OC(O)O)CCC1. The van der Waals surface area contributed by atoms with E-state index in [-0.39, 0.29) is 29.6 Å². The number of benzene rings is 2. The molecule has 0 spiro atoms. The van der Waals surface area contributed by atoms with Crippen LogP contribution in [-0.2, 0) is 16.0 Å². The van der Waals surface area contributed by atoms with Gasteiger partial charge in [-0.2, -0.15) is 0 Å². The maximum atomic E-state index is 12.4. The summed E-state index contributed by atoms with van der Waals surface area (Å²) in [5.41, 5.74) is 1.62. The molecule has 1 fully saturated rings. The molecule has 0 aromatic heterocycles. The quantitative estimate of drug-likeness (QED) is 0.311. The lowest BCUT2D eigenvalue weighted by Gasteiger charge is -2.38. The molecule has 0 aliphatic heterocycles. The molecule has 10 heteroatoms. The second-order valence-corrected chi connectivity index (χ2v) is 8.33. The summed E-state index contributed by atoms with van der Waals surface area (Å²) in [5.74, 6) is -0.944. The largest absolute Gasteiger partial charge is 0.488 e. The van der Waals surface area contributed by atoms with Crippen LogP contribution in [0.3, 0.4) is 0 Å². The minimum absolute atomic E-state index is 0.00539. The summed E-state index contributed by atoms with van der Waals surface area (Å²) in [5, 5.41) is 37.7. The average Bonchev–Trinajstić information content (AvgIpc) is 3.15. The van der Waals surface area contributed by atoms with Crippen molar-refractivity contribution in [2.75, 3.05) is 13.7 Å². The number of aliphatic hydroxyl groups is 4. The first kappa shape index (κ1) is 24.0. The minimum atomic E-state index is -2.28. The fourth-order valence-corrected chi connectivity index (χ4v) is 4.50. The summed E-state index contributed by atoms with van der Waals surface area (Å²) >= 11 is 0. The smallest absolute Gasteiger partial charge is 0.315 e. The van der Waals surface area contributed by atoms with E-state index in [2.05, 4.69) is 0 Å². The van der Waals surface area contributed by atoms with Crippen molar-refractivity contribution in [2.45, 2.75) is 45.1 Å². The maximum Gasteiger partial charge on any atom is 0.315 e. The number of ether oxygens (including phenoxy) is 4. The number of Topliss-reactive ketones (excluding diaryl/α,β-unsaturated/α-hetero) is 1. The zero-order valence-corrected chi connectivity index (χ0v) is 18.5. The topological polar surface area (TPSA) is 152 Å². The maximum absolute atomic E-state index is 12.4. The number of hydrogen-bond acceptors (Lipinski definition) is 10. The lowest BCUT2D eigenvalue weighted by molar-refractivity contribution is -0.193. The summed E-state index contributed by atoms with van der Waals surface area (Å²) in [7, 11) is 1.30. The average molecular weight is 474 g/mol. The Balaban J connectivity index is 1.84. The molecule has 10 nitrogen and oxygen atoms in total. The van der Waals surface area contributed by atoms with Crippen molar-refractivity contribution in [1.82, 2.24) is 0 Å². The van der Waals surface area contributed by atoms with Gasteiger partial charge in [0.1, 0.15) is 12.0 Å². The molecule has 4 N–H and O–H groups in total. The van der Waals surface area contributed by atoms with Gasteiger partial charge in [0.2, 0.25) is 5.75 Å². The van der Waals surface area contributed by atoms with Crippen LogP contribution in [0, 0.1) is 5.41 Å². The van der Waals surface area contributed by atoms with Gasteiger partial charge in [0, 0.05) is 17.5 Å². The first-order valence-corrected chi connectivity index (χ1v) is 10.8. The van der Waals surface area contributed by atoms with E-state index in [1.54, 1.807) is 24.3 Å². The van der Waals surface area contributed by atoms with E-state index in [1.165, 1.54) is 13.2 Å². The molecule has 0 bridgehead atoms. The van der Waals surface area contributed by atoms with E-state index in [0.717, 1.165) is 12.0 Å². The first-order chi connectivity index (χ1) is 16.3. The van der Waals surface area contributed by atoms with Gasteiger partial charge in [-0.05, 0) is 42.5 Å². The van der Waals surface area contributed by atoms with Crippen molar-refractivity contribution in [3.8, 4) is 28.4 Å². The van der Waals surface area contributed by atoms with Crippen LogP contribution in [0.1, 0.15) is 41.6 Å². The van der Waals surface area contributed by atoms with Crippen molar-refractivity contribution < 1.29 is 49.0 Å². The van der Waals surface area contributed by atoms with Gasteiger partial charge in [-0.25, -0.2) is 0 Å². The van der Waals surface area contributed by atoms with E-state index in [4.69, 9.17) is 18.9 Å².